The lowest BCUT2D eigenvalue weighted by Gasteiger charge is -2.27. The molecule has 0 aromatic carbocycles. The van der Waals surface area contributed by atoms with Crippen LogP contribution in [0.5, 0.6) is 0 Å². The number of hydrogen-bond donors (Lipinski definition) is 1. The van der Waals surface area contributed by atoms with Crippen molar-refractivity contribution in [3.63, 3.8) is 0 Å². The van der Waals surface area contributed by atoms with Crippen molar-refractivity contribution < 1.29 is 0 Å². The summed E-state index contributed by atoms with van der Waals surface area (Å²) in [5.74, 6) is 1.71. The fraction of sp³-hybridized carbons (Fsp3) is 0.429. The minimum Gasteiger partial charge on any atom is -0.393 e. The average molecular weight is 276 g/mol. The van der Waals surface area contributed by atoms with E-state index < -0.39 is 0 Å². The molecule has 0 atom stereocenters. The Labute approximate surface area is 119 Å². The van der Waals surface area contributed by atoms with Gasteiger partial charge in [-0.1, -0.05) is 32.1 Å². The lowest BCUT2D eigenvalue weighted by atomic mass is 10.2. The first-order valence-corrected chi connectivity index (χ1v) is 6.94. The maximum absolute atomic E-state index is 5.63. The SMILES string of the molecule is CC(C)CN(CCC(N)=S)c1cccc2nccn12. The number of nitrogens with zero attached hydrogens (tertiary/aromatic N) is 3. The van der Waals surface area contributed by atoms with Crippen LogP contribution in [0.3, 0.4) is 0 Å². The van der Waals surface area contributed by atoms with Gasteiger partial charge in [-0.2, -0.15) is 0 Å². The maximum Gasteiger partial charge on any atom is 0.138 e. The molecular weight excluding hydrogens is 256 g/mol. The molecule has 0 aliphatic heterocycles. The molecule has 0 bridgehead atoms. The first-order valence-electron chi connectivity index (χ1n) is 6.53. The maximum atomic E-state index is 5.63. The zero-order valence-corrected chi connectivity index (χ0v) is 12.2. The van der Waals surface area contributed by atoms with E-state index >= 15 is 0 Å². The Balaban J connectivity index is 2.30. The molecule has 0 radical (unpaired) electrons. The number of thiocarbonyl (C=S) groups is 1. The van der Waals surface area contributed by atoms with E-state index in [9.17, 15) is 0 Å². The van der Waals surface area contributed by atoms with Crippen LogP contribution in [0.4, 0.5) is 5.82 Å². The molecule has 2 heterocycles. The van der Waals surface area contributed by atoms with Gasteiger partial charge in [-0.25, -0.2) is 4.98 Å². The van der Waals surface area contributed by atoms with Crippen molar-refractivity contribution in [1.82, 2.24) is 9.38 Å². The van der Waals surface area contributed by atoms with E-state index in [1.807, 2.05) is 24.5 Å². The van der Waals surface area contributed by atoms with Crippen LogP contribution in [0.25, 0.3) is 5.65 Å². The molecule has 5 heteroatoms. The molecule has 4 nitrogen and oxygen atoms in total. The topological polar surface area (TPSA) is 46.6 Å². The van der Waals surface area contributed by atoms with Gasteiger partial charge in [-0.15, -0.1) is 0 Å². The van der Waals surface area contributed by atoms with Gasteiger partial charge >= 0.3 is 0 Å². The van der Waals surface area contributed by atoms with Crippen molar-refractivity contribution >= 4 is 28.7 Å². The van der Waals surface area contributed by atoms with E-state index in [-0.39, 0.29) is 0 Å². The van der Waals surface area contributed by atoms with E-state index in [1.54, 1.807) is 0 Å². The number of pyridine rings is 1. The second-order valence-electron chi connectivity index (χ2n) is 5.10. The molecule has 2 aromatic heterocycles. The third-order valence-corrected chi connectivity index (χ3v) is 3.15. The van der Waals surface area contributed by atoms with Crippen LogP contribution in [-0.2, 0) is 0 Å². The zero-order chi connectivity index (χ0) is 13.8. The third kappa shape index (κ3) is 3.44. The molecule has 2 aromatic rings. The fourth-order valence-corrected chi connectivity index (χ4v) is 2.27. The van der Waals surface area contributed by atoms with Crippen molar-refractivity contribution in [3.8, 4) is 0 Å². The van der Waals surface area contributed by atoms with Crippen molar-refractivity contribution in [1.29, 1.82) is 0 Å². The number of nitrogens with two attached hydrogens (primary N) is 1. The number of anilines is 1. The summed E-state index contributed by atoms with van der Waals surface area (Å²) < 4.78 is 2.10. The number of hydrogen-bond acceptors (Lipinski definition) is 3. The van der Waals surface area contributed by atoms with E-state index in [1.165, 1.54) is 0 Å². The summed E-state index contributed by atoms with van der Waals surface area (Å²) in [5, 5.41) is 0. The van der Waals surface area contributed by atoms with Gasteiger partial charge in [-0.3, -0.25) is 4.40 Å². The lowest BCUT2D eigenvalue weighted by Crippen LogP contribution is -2.32. The van der Waals surface area contributed by atoms with Crippen molar-refractivity contribution in [3.05, 3.63) is 30.6 Å². The molecule has 0 unspecified atom stereocenters. The van der Waals surface area contributed by atoms with Crippen molar-refractivity contribution in [2.75, 3.05) is 18.0 Å². The highest BCUT2D eigenvalue weighted by molar-refractivity contribution is 7.80. The third-order valence-electron chi connectivity index (χ3n) is 2.94. The minimum absolute atomic E-state index is 0.562. The Morgan fingerprint density at radius 1 is 1.47 bits per heavy atom. The van der Waals surface area contributed by atoms with Crippen LogP contribution in [0, 0.1) is 5.92 Å². The van der Waals surface area contributed by atoms with Gasteiger partial charge in [0.15, 0.2) is 0 Å². The molecule has 0 saturated carbocycles. The van der Waals surface area contributed by atoms with Gasteiger partial charge in [-0.05, 0) is 18.1 Å². The van der Waals surface area contributed by atoms with Crippen LogP contribution < -0.4 is 10.6 Å². The largest absolute Gasteiger partial charge is 0.393 e. The molecule has 2 rings (SSSR count). The van der Waals surface area contributed by atoms with Crippen LogP contribution in [0.2, 0.25) is 0 Å². The molecular formula is C14H20N4S. The van der Waals surface area contributed by atoms with Crippen LogP contribution in [0.1, 0.15) is 20.3 Å². The summed E-state index contributed by atoms with van der Waals surface area (Å²) in [6, 6.07) is 6.15. The van der Waals surface area contributed by atoms with E-state index in [0.29, 0.717) is 10.9 Å². The summed E-state index contributed by atoms with van der Waals surface area (Å²) >= 11 is 4.99. The lowest BCUT2D eigenvalue weighted by molar-refractivity contribution is 0.607. The zero-order valence-electron chi connectivity index (χ0n) is 11.4. The van der Waals surface area contributed by atoms with Gasteiger partial charge < -0.3 is 10.6 Å². The molecule has 0 aliphatic rings. The molecule has 102 valence electrons. The molecule has 0 aliphatic carbocycles. The molecule has 0 saturated heterocycles. The Morgan fingerprint density at radius 2 is 2.26 bits per heavy atom. The first kappa shape index (κ1) is 13.8. The number of rotatable bonds is 6. The molecule has 0 spiro atoms. The molecule has 19 heavy (non-hydrogen) atoms. The van der Waals surface area contributed by atoms with E-state index in [2.05, 4.69) is 34.2 Å². The standard InChI is InChI=1S/C14H20N4S/c1-11(2)10-17(8-6-12(15)19)14-5-3-4-13-16-7-9-18(13)14/h3-5,7,9,11H,6,8,10H2,1-2H3,(H2,15,19). The second kappa shape index (κ2) is 6.02. The number of imidazole rings is 1. The van der Waals surface area contributed by atoms with Crippen LogP contribution >= 0.6 is 12.2 Å². The van der Waals surface area contributed by atoms with Crippen molar-refractivity contribution in [2.24, 2.45) is 11.7 Å². The summed E-state index contributed by atoms with van der Waals surface area (Å²) in [5.41, 5.74) is 6.59. The minimum atomic E-state index is 0.562. The van der Waals surface area contributed by atoms with Gasteiger partial charge in [0.05, 0.1) is 4.99 Å². The number of aromatic nitrogens is 2. The van der Waals surface area contributed by atoms with Gasteiger partial charge in [0.25, 0.3) is 0 Å². The van der Waals surface area contributed by atoms with Crippen molar-refractivity contribution in [2.45, 2.75) is 20.3 Å². The Hall–Kier alpha value is -1.62. The monoisotopic (exact) mass is 276 g/mol. The fourth-order valence-electron chi connectivity index (χ4n) is 2.18. The summed E-state index contributed by atoms with van der Waals surface area (Å²) in [6.07, 6.45) is 4.53. The normalized spacial score (nSPS) is 11.1. The highest BCUT2D eigenvalue weighted by atomic mass is 32.1. The van der Waals surface area contributed by atoms with E-state index in [4.69, 9.17) is 18.0 Å². The molecule has 2 N–H and O–H groups in total. The molecule has 0 fully saturated rings. The van der Waals surface area contributed by atoms with Gasteiger partial charge in [0, 0.05) is 31.9 Å². The van der Waals surface area contributed by atoms with E-state index in [0.717, 1.165) is 31.0 Å². The Bertz CT molecular complexity index is 561. The summed E-state index contributed by atoms with van der Waals surface area (Å²) in [6.45, 7) is 6.23. The van der Waals surface area contributed by atoms with Gasteiger partial charge in [0.2, 0.25) is 0 Å². The predicted octanol–water partition coefficient (Wildman–Crippen LogP) is 2.47. The average Bonchev–Trinajstić information content (AvgIpc) is 2.81. The highest BCUT2D eigenvalue weighted by Crippen LogP contribution is 2.18. The summed E-state index contributed by atoms with van der Waals surface area (Å²) in [7, 11) is 0. The molecule has 0 amide bonds. The highest BCUT2D eigenvalue weighted by Gasteiger charge is 2.12. The summed E-state index contributed by atoms with van der Waals surface area (Å²) in [4.78, 5) is 7.20. The van der Waals surface area contributed by atoms with Crippen LogP contribution in [-0.4, -0.2) is 27.5 Å². The quantitative estimate of drug-likeness (QED) is 0.823. The predicted molar refractivity (Wildman–Crippen MR) is 83.6 cm³/mol. The number of fused-ring (bicyclic) bond motifs is 1. The van der Waals surface area contributed by atoms with Gasteiger partial charge in [0.1, 0.15) is 11.5 Å². The Morgan fingerprint density at radius 3 is 2.95 bits per heavy atom. The Kier molecular flexibility index (Phi) is 4.37. The van der Waals surface area contributed by atoms with Crippen LogP contribution in [0.15, 0.2) is 30.6 Å². The smallest absolute Gasteiger partial charge is 0.138 e. The first-order chi connectivity index (χ1) is 9.08. The second-order valence-corrected chi connectivity index (χ2v) is 5.62.